The molecule has 5 nitrogen and oxygen atoms in total. The van der Waals surface area contributed by atoms with Gasteiger partial charge in [-0.1, -0.05) is 50.2 Å². The van der Waals surface area contributed by atoms with Gasteiger partial charge >= 0.3 is 0 Å². The van der Waals surface area contributed by atoms with Crippen LogP contribution in [0.4, 0.5) is 0 Å². The molecule has 0 bridgehead atoms. The van der Waals surface area contributed by atoms with E-state index in [-0.39, 0.29) is 11.9 Å². The molecule has 1 amide bonds. The molecule has 0 radical (unpaired) electrons. The van der Waals surface area contributed by atoms with Gasteiger partial charge in [0.15, 0.2) is 0 Å². The fourth-order valence-corrected chi connectivity index (χ4v) is 2.03. The first-order valence-electron chi connectivity index (χ1n) is 7.32. The first kappa shape index (κ1) is 15.8. The van der Waals surface area contributed by atoms with E-state index in [0.717, 1.165) is 17.2 Å². The second-order valence-corrected chi connectivity index (χ2v) is 5.47. The summed E-state index contributed by atoms with van der Waals surface area (Å²) >= 11 is 0. The van der Waals surface area contributed by atoms with E-state index < -0.39 is 0 Å². The van der Waals surface area contributed by atoms with Gasteiger partial charge in [-0.2, -0.15) is 0 Å². The number of guanidine groups is 1. The lowest BCUT2D eigenvalue weighted by molar-refractivity contribution is 0.0969. The van der Waals surface area contributed by atoms with Crippen molar-refractivity contribution in [3.8, 4) is 0 Å². The summed E-state index contributed by atoms with van der Waals surface area (Å²) in [6, 6.07) is 13.2. The standard InChI is InChI=1S/C17H21N3O2/c1-12(2)10-11-22-20-17(18)19-16(21)15-9-5-7-13-6-3-4-8-14(13)15/h3-9,12H,10-11H2,1-2H3,(H3,18,19,20,21). The van der Waals surface area contributed by atoms with Crippen LogP contribution in [0.5, 0.6) is 0 Å². The highest BCUT2D eigenvalue weighted by molar-refractivity contribution is 6.12. The van der Waals surface area contributed by atoms with E-state index >= 15 is 0 Å². The molecule has 116 valence electrons. The van der Waals surface area contributed by atoms with Gasteiger partial charge in [0.2, 0.25) is 5.96 Å². The SMILES string of the molecule is CC(C)CCON=C(N)NC(=O)c1cccc2ccccc12. The number of hydrogen-bond acceptors (Lipinski definition) is 3. The summed E-state index contributed by atoms with van der Waals surface area (Å²) < 4.78 is 0. The lowest BCUT2D eigenvalue weighted by Crippen LogP contribution is -2.37. The predicted octanol–water partition coefficient (Wildman–Crippen LogP) is 2.86. The van der Waals surface area contributed by atoms with Crippen molar-refractivity contribution in [1.29, 1.82) is 0 Å². The third kappa shape index (κ3) is 4.22. The number of fused-ring (bicyclic) bond motifs is 1. The first-order chi connectivity index (χ1) is 10.6. The molecule has 0 spiro atoms. The Bertz CT molecular complexity index is 675. The molecule has 0 saturated carbocycles. The molecule has 0 heterocycles. The number of carbonyl (C=O) groups excluding carboxylic acids is 1. The van der Waals surface area contributed by atoms with Gasteiger partial charge in [-0.05, 0) is 34.3 Å². The van der Waals surface area contributed by atoms with Crippen LogP contribution in [0.25, 0.3) is 10.8 Å². The molecule has 0 aliphatic carbocycles. The molecule has 2 aromatic rings. The number of hydrogen-bond donors (Lipinski definition) is 2. The van der Waals surface area contributed by atoms with E-state index in [9.17, 15) is 4.79 Å². The maximum absolute atomic E-state index is 12.3. The van der Waals surface area contributed by atoms with Crippen molar-refractivity contribution in [2.75, 3.05) is 6.61 Å². The predicted molar refractivity (Wildman–Crippen MR) is 88.4 cm³/mol. The highest BCUT2D eigenvalue weighted by atomic mass is 16.6. The van der Waals surface area contributed by atoms with Crippen LogP contribution < -0.4 is 11.1 Å². The topological polar surface area (TPSA) is 76.7 Å². The fraction of sp³-hybridized carbons (Fsp3) is 0.294. The largest absolute Gasteiger partial charge is 0.393 e. The molecule has 2 rings (SSSR count). The smallest absolute Gasteiger partial charge is 0.258 e. The molecule has 3 N–H and O–H groups in total. The summed E-state index contributed by atoms with van der Waals surface area (Å²) in [7, 11) is 0. The minimum absolute atomic E-state index is 0.0401. The summed E-state index contributed by atoms with van der Waals surface area (Å²) in [5.41, 5.74) is 6.22. The van der Waals surface area contributed by atoms with E-state index in [4.69, 9.17) is 10.6 Å². The summed E-state index contributed by atoms with van der Waals surface area (Å²) in [5, 5.41) is 8.11. The molecule has 0 aromatic heterocycles. The van der Waals surface area contributed by atoms with E-state index in [1.54, 1.807) is 6.07 Å². The lowest BCUT2D eigenvalue weighted by atomic mass is 10.0. The zero-order chi connectivity index (χ0) is 15.9. The maximum Gasteiger partial charge on any atom is 0.258 e. The Morgan fingerprint density at radius 3 is 2.73 bits per heavy atom. The van der Waals surface area contributed by atoms with Gasteiger partial charge in [0.25, 0.3) is 5.91 Å². The van der Waals surface area contributed by atoms with Gasteiger partial charge in [0.1, 0.15) is 6.61 Å². The number of nitrogens with one attached hydrogen (secondary N) is 1. The van der Waals surface area contributed by atoms with Crippen LogP contribution in [-0.2, 0) is 4.84 Å². The number of benzene rings is 2. The molecule has 5 heteroatoms. The molecular formula is C17H21N3O2. The van der Waals surface area contributed by atoms with Gasteiger partial charge in [-0.25, -0.2) is 0 Å². The van der Waals surface area contributed by atoms with Crippen molar-refractivity contribution in [2.45, 2.75) is 20.3 Å². The highest BCUT2D eigenvalue weighted by Gasteiger charge is 2.10. The third-order valence-corrected chi connectivity index (χ3v) is 3.23. The number of nitrogens with two attached hydrogens (primary N) is 1. The summed E-state index contributed by atoms with van der Waals surface area (Å²) in [6.07, 6.45) is 0.883. The minimum Gasteiger partial charge on any atom is -0.393 e. The van der Waals surface area contributed by atoms with Crippen molar-refractivity contribution in [1.82, 2.24) is 5.32 Å². The summed E-state index contributed by atoms with van der Waals surface area (Å²) in [4.78, 5) is 17.4. The molecule has 2 aromatic carbocycles. The van der Waals surface area contributed by atoms with Gasteiger partial charge in [0.05, 0.1) is 0 Å². The second kappa shape index (κ2) is 7.45. The van der Waals surface area contributed by atoms with Gasteiger partial charge in [-0.15, -0.1) is 0 Å². The lowest BCUT2D eigenvalue weighted by Gasteiger charge is -2.08. The molecule has 0 fully saturated rings. The van der Waals surface area contributed by atoms with Gasteiger partial charge in [0, 0.05) is 5.56 Å². The average molecular weight is 299 g/mol. The van der Waals surface area contributed by atoms with Crippen molar-refractivity contribution in [3.63, 3.8) is 0 Å². The zero-order valence-electron chi connectivity index (χ0n) is 12.9. The molecule has 0 aliphatic rings. The van der Waals surface area contributed by atoms with E-state index in [2.05, 4.69) is 24.3 Å². The molecule has 0 aliphatic heterocycles. The first-order valence-corrected chi connectivity index (χ1v) is 7.32. The number of nitrogens with zero attached hydrogens (tertiary/aromatic N) is 1. The van der Waals surface area contributed by atoms with Crippen LogP contribution in [-0.4, -0.2) is 18.5 Å². The van der Waals surface area contributed by atoms with Gasteiger partial charge in [-0.3, -0.25) is 10.1 Å². The monoisotopic (exact) mass is 299 g/mol. The Hall–Kier alpha value is -2.56. The molecular weight excluding hydrogens is 278 g/mol. The van der Waals surface area contributed by atoms with Crippen LogP contribution in [0.1, 0.15) is 30.6 Å². The quantitative estimate of drug-likeness (QED) is 0.386. The number of amides is 1. The zero-order valence-corrected chi connectivity index (χ0v) is 12.9. The molecule has 22 heavy (non-hydrogen) atoms. The van der Waals surface area contributed by atoms with Crippen LogP contribution in [0.2, 0.25) is 0 Å². The minimum atomic E-state index is -0.300. The van der Waals surface area contributed by atoms with Crippen LogP contribution >= 0.6 is 0 Å². The molecule has 0 unspecified atom stereocenters. The Morgan fingerprint density at radius 2 is 1.95 bits per heavy atom. The maximum atomic E-state index is 12.3. The van der Waals surface area contributed by atoms with Crippen molar-refractivity contribution in [3.05, 3.63) is 48.0 Å². The van der Waals surface area contributed by atoms with E-state index in [0.29, 0.717) is 18.1 Å². The van der Waals surface area contributed by atoms with Crippen LogP contribution in [0, 0.1) is 5.92 Å². The van der Waals surface area contributed by atoms with Crippen LogP contribution in [0.15, 0.2) is 47.6 Å². The Balaban J connectivity index is 2.03. The Labute approximate surface area is 130 Å². The number of rotatable bonds is 5. The van der Waals surface area contributed by atoms with E-state index in [1.165, 1.54) is 0 Å². The Kier molecular flexibility index (Phi) is 5.36. The fourth-order valence-electron chi connectivity index (χ4n) is 2.03. The Morgan fingerprint density at radius 1 is 1.23 bits per heavy atom. The third-order valence-electron chi connectivity index (χ3n) is 3.23. The van der Waals surface area contributed by atoms with Crippen molar-refractivity contribution in [2.24, 2.45) is 16.8 Å². The molecule has 0 atom stereocenters. The van der Waals surface area contributed by atoms with Crippen molar-refractivity contribution < 1.29 is 9.63 Å². The number of oxime groups is 1. The second-order valence-electron chi connectivity index (χ2n) is 5.47. The van der Waals surface area contributed by atoms with Crippen molar-refractivity contribution >= 4 is 22.6 Å². The molecule has 0 saturated heterocycles. The highest BCUT2D eigenvalue weighted by Crippen LogP contribution is 2.18. The average Bonchev–Trinajstić information content (AvgIpc) is 2.50. The number of carbonyl (C=O) groups is 1. The van der Waals surface area contributed by atoms with E-state index in [1.807, 2.05) is 36.4 Å². The van der Waals surface area contributed by atoms with Crippen LogP contribution in [0.3, 0.4) is 0 Å². The summed E-state index contributed by atoms with van der Waals surface area (Å²) in [6.45, 7) is 4.67. The normalized spacial score (nSPS) is 11.7. The summed E-state index contributed by atoms with van der Waals surface area (Å²) in [5.74, 6) is 0.189. The van der Waals surface area contributed by atoms with Gasteiger partial charge < -0.3 is 10.6 Å².